The Morgan fingerprint density at radius 1 is 1.05 bits per heavy atom. The maximum atomic E-state index is 3.75. The topological polar surface area (TPSA) is 12.0 Å². The van der Waals surface area contributed by atoms with E-state index >= 15 is 0 Å². The summed E-state index contributed by atoms with van der Waals surface area (Å²) in [4.78, 5) is 0. The molecule has 0 radical (unpaired) electrons. The molecule has 3 rings (SSSR count). The zero-order chi connectivity index (χ0) is 14.5. The molecule has 0 saturated heterocycles. The fourth-order valence-corrected chi connectivity index (χ4v) is 3.26. The summed E-state index contributed by atoms with van der Waals surface area (Å²) in [6, 6.07) is 15.9. The lowest BCUT2D eigenvalue weighted by Gasteiger charge is -2.25. The molecular formula is C20H25N. The summed E-state index contributed by atoms with van der Waals surface area (Å²) in [5.41, 5.74) is 3.00. The fourth-order valence-electron chi connectivity index (χ4n) is 3.26. The first-order valence-corrected chi connectivity index (χ1v) is 8.29. The van der Waals surface area contributed by atoms with Gasteiger partial charge < -0.3 is 5.32 Å². The van der Waals surface area contributed by atoms with Crippen molar-refractivity contribution in [2.24, 2.45) is 0 Å². The Bertz CT molecular complexity index is 627. The summed E-state index contributed by atoms with van der Waals surface area (Å²) in [6.45, 7) is 3.31. The van der Waals surface area contributed by atoms with E-state index in [0.717, 1.165) is 6.54 Å². The van der Waals surface area contributed by atoms with Crippen LogP contribution >= 0.6 is 0 Å². The Hall–Kier alpha value is -1.60. The van der Waals surface area contributed by atoms with E-state index < -0.39 is 0 Å². The molecule has 21 heavy (non-hydrogen) atoms. The molecule has 1 aliphatic rings. The quantitative estimate of drug-likeness (QED) is 0.724. The van der Waals surface area contributed by atoms with Crippen molar-refractivity contribution in [3.63, 3.8) is 0 Å². The largest absolute Gasteiger partial charge is 0.307 e. The van der Waals surface area contributed by atoms with Crippen molar-refractivity contribution in [3.8, 4) is 0 Å². The number of benzene rings is 2. The number of hydrogen-bond donors (Lipinski definition) is 1. The number of rotatable bonds is 5. The van der Waals surface area contributed by atoms with Crippen molar-refractivity contribution in [2.75, 3.05) is 6.54 Å². The molecule has 0 saturated carbocycles. The molecule has 0 heterocycles. The summed E-state index contributed by atoms with van der Waals surface area (Å²) in [5, 5.41) is 6.42. The summed E-state index contributed by atoms with van der Waals surface area (Å²) in [5.74, 6) is 0. The molecule has 110 valence electrons. The Kier molecular flexibility index (Phi) is 4.72. The van der Waals surface area contributed by atoms with E-state index in [1.807, 2.05) is 0 Å². The van der Waals surface area contributed by atoms with E-state index in [-0.39, 0.29) is 0 Å². The van der Waals surface area contributed by atoms with E-state index in [4.69, 9.17) is 0 Å². The summed E-state index contributed by atoms with van der Waals surface area (Å²) < 4.78 is 0. The predicted molar refractivity (Wildman–Crippen MR) is 91.5 cm³/mol. The summed E-state index contributed by atoms with van der Waals surface area (Å²) in [6.07, 6.45) is 8.82. The molecular weight excluding hydrogens is 254 g/mol. The van der Waals surface area contributed by atoms with Gasteiger partial charge in [0.1, 0.15) is 0 Å². The van der Waals surface area contributed by atoms with Crippen LogP contribution in [0.2, 0.25) is 0 Å². The van der Waals surface area contributed by atoms with Crippen LogP contribution in [0.25, 0.3) is 10.8 Å². The van der Waals surface area contributed by atoms with E-state index in [1.165, 1.54) is 48.4 Å². The highest BCUT2D eigenvalue weighted by molar-refractivity contribution is 5.83. The highest BCUT2D eigenvalue weighted by Gasteiger charge is 2.17. The van der Waals surface area contributed by atoms with Gasteiger partial charge in [0, 0.05) is 0 Å². The molecule has 0 spiro atoms. The van der Waals surface area contributed by atoms with Gasteiger partial charge in [0.05, 0.1) is 6.04 Å². The van der Waals surface area contributed by atoms with Crippen LogP contribution in [0.3, 0.4) is 0 Å². The van der Waals surface area contributed by atoms with Crippen LogP contribution in [-0.4, -0.2) is 6.54 Å². The summed E-state index contributed by atoms with van der Waals surface area (Å²) >= 11 is 0. The standard InChI is InChI=1S/C20H25N/c1-2-14-21-20(17-9-4-3-5-10-17)19-13-12-16-8-6-7-11-18(16)15-19/h6-9,11-13,15,20-21H,2-5,10,14H2,1H3. The highest BCUT2D eigenvalue weighted by atomic mass is 14.9. The number of nitrogens with one attached hydrogen (secondary N) is 1. The monoisotopic (exact) mass is 279 g/mol. The predicted octanol–water partition coefficient (Wildman–Crippen LogP) is 5.38. The van der Waals surface area contributed by atoms with E-state index in [0.29, 0.717) is 6.04 Å². The number of hydrogen-bond acceptors (Lipinski definition) is 1. The third kappa shape index (κ3) is 3.36. The Morgan fingerprint density at radius 3 is 2.67 bits per heavy atom. The van der Waals surface area contributed by atoms with Crippen LogP contribution < -0.4 is 5.32 Å². The second-order valence-electron chi connectivity index (χ2n) is 6.02. The van der Waals surface area contributed by atoms with Gasteiger partial charge in [-0.3, -0.25) is 0 Å². The highest BCUT2D eigenvalue weighted by Crippen LogP contribution is 2.31. The van der Waals surface area contributed by atoms with Crippen LogP contribution in [0.15, 0.2) is 54.1 Å². The molecule has 1 heteroatoms. The van der Waals surface area contributed by atoms with Crippen LogP contribution in [-0.2, 0) is 0 Å². The van der Waals surface area contributed by atoms with Crippen molar-refractivity contribution in [1.82, 2.24) is 5.32 Å². The maximum Gasteiger partial charge on any atom is 0.0536 e. The van der Waals surface area contributed by atoms with Crippen molar-refractivity contribution in [1.29, 1.82) is 0 Å². The molecule has 0 amide bonds. The lowest BCUT2D eigenvalue weighted by molar-refractivity contribution is 0.547. The lowest BCUT2D eigenvalue weighted by atomic mass is 9.89. The zero-order valence-electron chi connectivity index (χ0n) is 12.9. The third-order valence-corrected chi connectivity index (χ3v) is 4.40. The van der Waals surface area contributed by atoms with Gasteiger partial charge in [-0.15, -0.1) is 0 Å². The maximum absolute atomic E-state index is 3.75. The van der Waals surface area contributed by atoms with Crippen molar-refractivity contribution in [2.45, 2.75) is 45.1 Å². The van der Waals surface area contributed by atoms with Gasteiger partial charge in [0.2, 0.25) is 0 Å². The summed E-state index contributed by atoms with van der Waals surface area (Å²) in [7, 11) is 0. The zero-order valence-corrected chi connectivity index (χ0v) is 12.9. The van der Waals surface area contributed by atoms with Gasteiger partial charge in [-0.1, -0.05) is 55.0 Å². The second-order valence-corrected chi connectivity index (χ2v) is 6.02. The van der Waals surface area contributed by atoms with Gasteiger partial charge in [-0.2, -0.15) is 0 Å². The van der Waals surface area contributed by atoms with Gasteiger partial charge in [0.25, 0.3) is 0 Å². The normalized spacial score (nSPS) is 16.7. The third-order valence-electron chi connectivity index (χ3n) is 4.40. The molecule has 0 bridgehead atoms. The average molecular weight is 279 g/mol. The van der Waals surface area contributed by atoms with Crippen molar-refractivity contribution in [3.05, 3.63) is 59.7 Å². The van der Waals surface area contributed by atoms with Crippen LogP contribution in [0, 0.1) is 0 Å². The lowest BCUT2D eigenvalue weighted by Crippen LogP contribution is -2.24. The SMILES string of the molecule is CCCNC(C1=CCCCC1)c1ccc2ccccc2c1. The molecule has 2 aromatic carbocycles. The first-order valence-electron chi connectivity index (χ1n) is 8.29. The molecule has 2 aromatic rings. The van der Waals surface area contributed by atoms with E-state index in [2.05, 4.69) is 60.8 Å². The average Bonchev–Trinajstić information content (AvgIpc) is 2.56. The molecule has 1 aliphatic carbocycles. The van der Waals surface area contributed by atoms with Crippen molar-refractivity contribution < 1.29 is 0 Å². The molecule has 1 nitrogen and oxygen atoms in total. The van der Waals surface area contributed by atoms with Crippen molar-refractivity contribution >= 4 is 10.8 Å². The Labute approximate surface area is 128 Å². The molecule has 0 aliphatic heterocycles. The molecule has 1 unspecified atom stereocenters. The Balaban J connectivity index is 1.94. The molecule has 0 aromatic heterocycles. The molecule has 1 N–H and O–H groups in total. The first-order chi connectivity index (χ1) is 10.4. The van der Waals surface area contributed by atoms with Gasteiger partial charge in [-0.05, 0) is 61.1 Å². The second kappa shape index (κ2) is 6.91. The molecule has 0 fully saturated rings. The minimum absolute atomic E-state index is 0.398. The fraction of sp³-hybridized carbons (Fsp3) is 0.400. The minimum Gasteiger partial charge on any atom is -0.307 e. The molecule has 1 atom stereocenters. The van der Waals surface area contributed by atoms with Gasteiger partial charge in [-0.25, -0.2) is 0 Å². The van der Waals surface area contributed by atoms with E-state index in [9.17, 15) is 0 Å². The van der Waals surface area contributed by atoms with Crippen LogP contribution in [0.5, 0.6) is 0 Å². The minimum atomic E-state index is 0.398. The number of allylic oxidation sites excluding steroid dienone is 1. The van der Waals surface area contributed by atoms with Crippen LogP contribution in [0.4, 0.5) is 0 Å². The smallest absolute Gasteiger partial charge is 0.0536 e. The number of fused-ring (bicyclic) bond motifs is 1. The van der Waals surface area contributed by atoms with Crippen LogP contribution in [0.1, 0.15) is 50.6 Å². The van der Waals surface area contributed by atoms with Gasteiger partial charge >= 0.3 is 0 Å². The van der Waals surface area contributed by atoms with E-state index in [1.54, 1.807) is 5.57 Å². The Morgan fingerprint density at radius 2 is 1.90 bits per heavy atom. The first kappa shape index (κ1) is 14.3. The van der Waals surface area contributed by atoms with Gasteiger partial charge in [0.15, 0.2) is 0 Å².